The van der Waals surface area contributed by atoms with Crippen molar-refractivity contribution < 1.29 is 28.2 Å². The van der Waals surface area contributed by atoms with Gasteiger partial charge in [-0.05, 0) is 73.1 Å². The molecule has 0 aliphatic carbocycles. The number of hydrogen-bond acceptors (Lipinski definition) is 8. The van der Waals surface area contributed by atoms with Crippen LogP contribution < -0.4 is 20.5 Å². The Morgan fingerprint density at radius 2 is 1.60 bits per heavy atom. The Hall–Kier alpha value is -4.02. The Morgan fingerprint density at radius 3 is 2.27 bits per heavy atom. The largest absolute Gasteiger partial charge is 0.489 e. The van der Waals surface area contributed by atoms with Crippen molar-refractivity contribution >= 4 is 42.4 Å². The van der Waals surface area contributed by atoms with Gasteiger partial charge >= 0.3 is 5.97 Å². The highest BCUT2D eigenvalue weighted by molar-refractivity contribution is 5.97. The number of hydrogen-bond donors (Lipinski definition) is 2. The summed E-state index contributed by atoms with van der Waals surface area (Å²) in [6.07, 6.45) is 1.87. The van der Waals surface area contributed by atoms with Crippen LogP contribution in [-0.2, 0) is 29.2 Å². The number of benzene rings is 3. The van der Waals surface area contributed by atoms with Crippen LogP contribution in [0.4, 0.5) is 5.69 Å². The smallest absolute Gasteiger partial charge is 0.338 e. The first-order valence-corrected chi connectivity index (χ1v) is 14.5. The summed E-state index contributed by atoms with van der Waals surface area (Å²) in [5, 5.41) is 2.85. The number of nitrogens with two attached hydrogens (primary N) is 1. The normalized spacial score (nSPS) is 11.1. The Balaban J connectivity index is 0.00000353. The standard InChI is InChI=1S/C34H39N3O6.2ClH/c1-3-37(4-2)18-20-41-34(39)27-14-17-31(32(22-27)43-24-29-11-8-19-40-29)36-33(38)30(35)21-25-12-15-28(16-13-25)42-23-26-9-6-5-7-10-26;;/h5-17,19,22,30H,3-4,18,20-21,23-24,35H2,1-2H3,(H,36,38);2*1H/t30-;;/m1../s1. The highest BCUT2D eigenvalue weighted by Crippen LogP contribution is 2.28. The van der Waals surface area contributed by atoms with Crippen LogP contribution in [-0.4, -0.2) is 49.1 Å². The molecule has 0 saturated heterocycles. The molecule has 9 nitrogen and oxygen atoms in total. The maximum absolute atomic E-state index is 13.1. The zero-order valence-corrected chi connectivity index (χ0v) is 27.1. The predicted molar refractivity (Wildman–Crippen MR) is 180 cm³/mol. The van der Waals surface area contributed by atoms with Crippen molar-refractivity contribution in [2.75, 3.05) is 31.6 Å². The number of likely N-dealkylation sites (N-methyl/N-ethyl adjacent to an activating group) is 1. The first-order valence-electron chi connectivity index (χ1n) is 14.5. The maximum Gasteiger partial charge on any atom is 0.338 e. The summed E-state index contributed by atoms with van der Waals surface area (Å²) in [5.41, 5.74) is 8.95. The van der Waals surface area contributed by atoms with Crippen LogP contribution in [0.3, 0.4) is 0 Å². The van der Waals surface area contributed by atoms with E-state index in [1.54, 1.807) is 36.6 Å². The molecule has 0 aliphatic heterocycles. The summed E-state index contributed by atoms with van der Waals surface area (Å²) in [7, 11) is 0. The number of carbonyl (C=O) groups is 2. The van der Waals surface area contributed by atoms with Gasteiger partial charge in [0.2, 0.25) is 5.91 Å². The molecule has 0 unspecified atom stereocenters. The first kappa shape index (κ1) is 37.2. The monoisotopic (exact) mass is 657 g/mol. The Bertz CT molecular complexity index is 1430. The van der Waals surface area contributed by atoms with Crippen LogP contribution in [0.2, 0.25) is 0 Å². The third kappa shape index (κ3) is 11.8. The van der Waals surface area contributed by atoms with Gasteiger partial charge < -0.3 is 34.6 Å². The molecule has 0 bridgehead atoms. The molecule has 0 radical (unpaired) electrons. The van der Waals surface area contributed by atoms with Gasteiger partial charge in [0, 0.05) is 6.54 Å². The second kappa shape index (κ2) is 19.4. The Morgan fingerprint density at radius 1 is 0.867 bits per heavy atom. The fourth-order valence-corrected chi connectivity index (χ4v) is 4.34. The zero-order chi connectivity index (χ0) is 30.4. The zero-order valence-electron chi connectivity index (χ0n) is 25.5. The van der Waals surface area contributed by atoms with Gasteiger partial charge in [-0.3, -0.25) is 4.79 Å². The van der Waals surface area contributed by atoms with Gasteiger partial charge in [0.25, 0.3) is 0 Å². The molecule has 242 valence electrons. The van der Waals surface area contributed by atoms with Crippen LogP contribution in [0.15, 0.2) is 95.6 Å². The molecule has 0 spiro atoms. The minimum atomic E-state index is -0.821. The number of nitrogens with zero attached hydrogens (tertiary/aromatic N) is 1. The molecule has 3 N–H and O–H groups in total. The third-order valence-electron chi connectivity index (χ3n) is 6.92. The maximum atomic E-state index is 13.1. The molecule has 0 fully saturated rings. The lowest BCUT2D eigenvalue weighted by Crippen LogP contribution is -2.37. The number of esters is 1. The van der Waals surface area contributed by atoms with Crippen LogP contribution in [0, 0.1) is 0 Å². The van der Waals surface area contributed by atoms with E-state index < -0.39 is 12.0 Å². The number of furan rings is 1. The van der Waals surface area contributed by atoms with Crippen molar-refractivity contribution in [3.63, 3.8) is 0 Å². The average Bonchev–Trinajstić information content (AvgIpc) is 3.56. The van der Waals surface area contributed by atoms with Gasteiger partial charge in [0.15, 0.2) is 0 Å². The van der Waals surface area contributed by atoms with E-state index >= 15 is 0 Å². The Labute approximate surface area is 276 Å². The lowest BCUT2D eigenvalue weighted by molar-refractivity contribution is -0.117. The number of rotatable bonds is 16. The van der Waals surface area contributed by atoms with Gasteiger partial charge in [0.1, 0.15) is 37.1 Å². The van der Waals surface area contributed by atoms with E-state index in [1.807, 2.05) is 54.6 Å². The molecule has 1 heterocycles. The van der Waals surface area contributed by atoms with E-state index in [-0.39, 0.29) is 43.9 Å². The van der Waals surface area contributed by atoms with Crippen molar-refractivity contribution in [3.05, 3.63) is 114 Å². The minimum Gasteiger partial charge on any atom is -0.489 e. The molecular weight excluding hydrogens is 617 g/mol. The lowest BCUT2D eigenvalue weighted by atomic mass is 10.1. The quantitative estimate of drug-likeness (QED) is 0.135. The number of nitrogens with one attached hydrogen (secondary N) is 1. The molecule has 4 rings (SSSR count). The summed E-state index contributed by atoms with van der Waals surface area (Å²) >= 11 is 0. The molecule has 3 aromatic carbocycles. The summed E-state index contributed by atoms with van der Waals surface area (Å²) in [6, 6.07) is 24.9. The van der Waals surface area contributed by atoms with Crippen LogP contribution >= 0.6 is 24.8 Å². The number of halogens is 2. The molecule has 1 atom stereocenters. The molecule has 1 aromatic heterocycles. The second-order valence-corrected chi connectivity index (χ2v) is 9.96. The minimum absolute atomic E-state index is 0. The highest BCUT2D eigenvalue weighted by Gasteiger charge is 2.19. The van der Waals surface area contributed by atoms with Crippen molar-refractivity contribution in [1.29, 1.82) is 0 Å². The molecule has 1 amide bonds. The lowest BCUT2D eigenvalue weighted by Gasteiger charge is -2.18. The number of ether oxygens (including phenoxy) is 3. The number of carbonyl (C=O) groups excluding carboxylic acids is 2. The molecular formula is C34H41Cl2N3O6. The summed E-state index contributed by atoms with van der Waals surface area (Å²) in [6.45, 7) is 7.39. The van der Waals surface area contributed by atoms with Gasteiger partial charge in [0.05, 0.1) is 23.6 Å². The van der Waals surface area contributed by atoms with E-state index in [1.165, 1.54) is 0 Å². The Kier molecular flexibility index (Phi) is 16.0. The topological polar surface area (TPSA) is 116 Å². The third-order valence-corrected chi connectivity index (χ3v) is 6.92. The van der Waals surface area contributed by atoms with Gasteiger partial charge in [-0.1, -0.05) is 56.3 Å². The van der Waals surface area contributed by atoms with E-state index in [0.29, 0.717) is 42.3 Å². The van der Waals surface area contributed by atoms with Crippen molar-refractivity contribution in [2.24, 2.45) is 5.73 Å². The SMILES string of the molecule is CCN(CC)CCOC(=O)c1ccc(NC(=O)[C@H](N)Cc2ccc(OCc3ccccc3)cc2)c(OCc2ccco2)c1.Cl.Cl. The summed E-state index contributed by atoms with van der Waals surface area (Å²) in [4.78, 5) is 28.0. The van der Waals surface area contributed by atoms with Crippen LogP contribution in [0.25, 0.3) is 0 Å². The fourth-order valence-electron chi connectivity index (χ4n) is 4.34. The van der Waals surface area contributed by atoms with Crippen molar-refractivity contribution in [1.82, 2.24) is 4.90 Å². The van der Waals surface area contributed by atoms with Gasteiger partial charge in [-0.2, -0.15) is 0 Å². The van der Waals surface area contributed by atoms with Crippen molar-refractivity contribution in [3.8, 4) is 11.5 Å². The first-order chi connectivity index (χ1) is 20.9. The van der Waals surface area contributed by atoms with E-state index in [4.69, 9.17) is 24.4 Å². The number of amides is 1. The predicted octanol–water partition coefficient (Wildman–Crippen LogP) is 6.29. The molecule has 0 saturated carbocycles. The molecule has 0 aliphatic rings. The summed E-state index contributed by atoms with van der Waals surface area (Å²) in [5.74, 6) is 0.769. The van der Waals surface area contributed by atoms with Crippen LogP contribution in [0.1, 0.15) is 41.1 Å². The fraction of sp³-hybridized carbons (Fsp3) is 0.294. The molecule has 4 aromatic rings. The molecule has 11 heteroatoms. The second-order valence-electron chi connectivity index (χ2n) is 9.96. The van der Waals surface area contributed by atoms with E-state index in [2.05, 4.69) is 24.1 Å². The van der Waals surface area contributed by atoms with Crippen LogP contribution in [0.5, 0.6) is 11.5 Å². The number of anilines is 1. The van der Waals surface area contributed by atoms with Crippen molar-refractivity contribution in [2.45, 2.75) is 39.5 Å². The van der Waals surface area contributed by atoms with Gasteiger partial charge in [-0.25, -0.2) is 4.79 Å². The van der Waals surface area contributed by atoms with Gasteiger partial charge in [-0.15, -0.1) is 24.8 Å². The average molecular weight is 659 g/mol. The van der Waals surface area contributed by atoms with E-state index in [0.717, 1.165) is 30.0 Å². The summed E-state index contributed by atoms with van der Waals surface area (Å²) < 4.78 is 22.6. The highest BCUT2D eigenvalue weighted by atomic mass is 35.5. The van der Waals surface area contributed by atoms with E-state index in [9.17, 15) is 9.59 Å². The molecule has 45 heavy (non-hydrogen) atoms.